The van der Waals surface area contributed by atoms with Crippen LogP contribution < -0.4 is 0 Å². The fourth-order valence-electron chi connectivity index (χ4n) is 2.61. The molecule has 0 saturated carbocycles. The molecule has 0 aliphatic carbocycles. The van der Waals surface area contributed by atoms with Crippen LogP contribution in [0.3, 0.4) is 0 Å². The molecule has 2 aromatic heterocycles. The van der Waals surface area contributed by atoms with E-state index in [1.165, 1.54) is 17.7 Å². The summed E-state index contributed by atoms with van der Waals surface area (Å²) >= 11 is 0. The Morgan fingerprint density at radius 3 is 2.62 bits per heavy atom. The van der Waals surface area contributed by atoms with Gasteiger partial charge in [0.25, 0.3) is 0 Å². The lowest BCUT2D eigenvalue weighted by molar-refractivity contribution is 0.630. The van der Waals surface area contributed by atoms with Crippen molar-refractivity contribution in [1.82, 2.24) is 14.8 Å². The fraction of sp³-hybridized carbons (Fsp3) is 0.0588. The largest absolute Gasteiger partial charge is 0.212 e. The number of halogens is 1. The quantitative estimate of drug-likeness (QED) is 0.526. The van der Waals surface area contributed by atoms with Gasteiger partial charge in [-0.25, -0.2) is 8.91 Å². The van der Waals surface area contributed by atoms with E-state index in [2.05, 4.69) is 41.5 Å². The molecule has 0 N–H and O–H groups in total. The molecule has 102 valence electrons. The summed E-state index contributed by atoms with van der Waals surface area (Å²) in [5, 5.41) is 9.91. The first-order valence-corrected chi connectivity index (χ1v) is 6.72. The van der Waals surface area contributed by atoms with Crippen molar-refractivity contribution in [3.05, 3.63) is 66.1 Å². The summed E-state index contributed by atoms with van der Waals surface area (Å²) in [5.74, 6) is -0.256. The minimum atomic E-state index is -0.256. The monoisotopic (exact) mass is 277 g/mol. The van der Waals surface area contributed by atoms with Crippen LogP contribution in [0, 0.1) is 12.7 Å². The van der Waals surface area contributed by atoms with Gasteiger partial charge in [-0.1, -0.05) is 41.1 Å². The molecule has 0 amide bonds. The molecule has 21 heavy (non-hydrogen) atoms. The van der Waals surface area contributed by atoms with Gasteiger partial charge in [-0.05, 0) is 30.5 Å². The second-order valence-corrected chi connectivity index (χ2v) is 5.16. The van der Waals surface area contributed by atoms with Crippen LogP contribution in [0.25, 0.3) is 27.5 Å². The van der Waals surface area contributed by atoms with Crippen LogP contribution in [0.15, 0.2) is 54.7 Å². The first-order chi connectivity index (χ1) is 10.2. The third-order valence-corrected chi connectivity index (χ3v) is 3.71. The average molecular weight is 277 g/mol. The van der Waals surface area contributed by atoms with Crippen LogP contribution in [-0.4, -0.2) is 14.8 Å². The standard InChI is InChI=1S/C17H12FN3/c1-11-2-4-12(5-3-11)16-8-13-6-7-14(18)9-15(13)17-10-19-20-21(16)17/h2-10H,1H3. The summed E-state index contributed by atoms with van der Waals surface area (Å²) in [6.07, 6.45) is 1.67. The minimum Gasteiger partial charge on any atom is -0.212 e. The van der Waals surface area contributed by atoms with Crippen LogP contribution in [0.4, 0.5) is 4.39 Å². The maximum Gasteiger partial charge on any atom is 0.123 e. The number of nitrogens with zero attached hydrogens (tertiary/aromatic N) is 3. The van der Waals surface area contributed by atoms with Crippen LogP contribution in [-0.2, 0) is 0 Å². The van der Waals surface area contributed by atoms with E-state index in [0.717, 1.165) is 27.5 Å². The molecule has 3 nitrogen and oxygen atoms in total. The number of hydrogen-bond donors (Lipinski definition) is 0. The summed E-state index contributed by atoms with van der Waals surface area (Å²) < 4.78 is 15.2. The number of rotatable bonds is 1. The first kappa shape index (κ1) is 12.0. The van der Waals surface area contributed by atoms with Gasteiger partial charge in [0.05, 0.1) is 17.4 Å². The van der Waals surface area contributed by atoms with E-state index in [9.17, 15) is 4.39 Å². The molecule has 0 atom stereocenters. The summed E-state index contributed by atoms with van der Waals surface area (Å²) in [4.78, 5) is 0. The number of pyridine rings is 1. The van der Waals surface area contributed by atoms with Crippen molar-refractivity contribution in [3.8, 4) is 11.3 Å². The third-order valence-electron chi connectivity index (χ3n) is 3.71. The number of aromatic nitrogens is 3. The van der Waals surface area contributed by atoms with Crippen molar-refractivity contribution < 1.29 is 4.39 Å². The van der Waals surface area contributed by atoms with Crippen LogP contribution in [0.5, 0.6) is 0 Å². The van der Waals surface area contributed by atoms with Gasteiger partial charge in [0.1, 0.15) is 5.82 Å². The molecule has 0 unspecified atom stereocenters. The predicted octanol–water partition coefficient (Wildman–Crippen LogP) is 4.00. The Labute approximate surface area is 120 Å². The zero-order chi connectivity index (χ0) is 14.4. The van der Waals surface area contributed by atoms with Crippen molar-refractivity contribution in [2.75, 3.05) is 0 Å². The fourth-order valence-corrected chi connectivity index (χ4v) is 2.61. The van der Waals surface area contributed by atoms with E-state index >= 15 is 0 Å². The Morgan fingerprint density at radius 2 is 1.81 bits per heavy atom. The molecule has 2 aromatic carbocycles. The van der Waals surface area contributed by atoms with Crippen LogP contribution >= 0.6 is 0 Å². The highest BCUT2D eigenvalue weighted by atomic mass is 19.1. The summed E-state index contributed by atoms with van der Waals surface area (Å²) in [6, 6.07) is 15.0. The molecule has 4 heteroatoms. The maximum atomic E-state index is 13.5. The Hall–Kier alpha value is -2.75. The van der Waals surface area contributed by atoms with Gasteiger partial charge < -0.3 is 0 Å². The Bertz CT molecular complexity index is 955. The van der Waals surface area contributed by atoms with Gasteiger partial charge in [-0.3, -0.25) is 0 Å². The molecule has 0 bridgehead atoms. The third kappa shape index (κ3) is 1.88. The van der Waals surface area contributed by atoms with Crippen molar-refractivity contribution in [3.63, 3.8) is 0 Å². The molecule has 4 aromatic rings. The first-order valence-electron chi connectivity index (χ1n) is 6.72. The van der Waals surface area contributed by atoms with Gasteiger partial charge in [0.15, 0.2) is 0 Å². The van der Waals surface area contributed by atoms with Gasteiger partial charge in [0, 0.05) is 10.9 Å². The van der Waals surface area contributed by atoms with E-state index in [1.54, 1.807) is 16.8 Å². The maximum absolute atomic E-state index is 13.5. The molecule has 0 radical (unpaired) electrons. The highest BCUT2D eigenvalue weighted by molar-refractivity contribution is 5.98. The van der Waals surface area contributed by atoms with Gasteiger partial charge in [-0.15, -0.1) is 5.10 Å². The summed E-state index contributed by atoms with van der Waals surface area (Å²) in [6.45, 7) is 2.05. The highest BCUT2D eigenvalue weighted by Crippen LogP contribution is 2.28. The summed E-state index contributed by atoms with van der Waals surface area (Å²) in [7, 11) is 0. The molecule has 4 rings (SSSR count). The normalized spacial score (nSPS) is 11.3. The average Bonchev–Trinajstić information content (AvgIpc) is 2.97. The van der Waals surface area contributed by atoms with Gasteiger partial charge >= 0.3 is 0 Å². The zero-order valence-corrected chi connectivity index (χ0v) is 11.4. The van der Waals surface area contributed by atoms with Crippen LogP contribution in [0.2, 0.25) is 0 Å². The lowest BCUT2D eigenvalue weighted by Gasteiger charge is -2.08. The lowest BCUT2D eigenvalue weighted by Crippen LogP contribution is -1.95. The number of fused-ring (bicyclic) bond motifs is 3. The van der Waals surface area contributed by atoms with Gasteiger partial charge in [0.2, 0.25) is 0 Å². The zero-order valence-electron chi connectivity index (χ0n) is 11.4. The number of hydrogen-bond acceptors (Lipinski definition) is 2. The van der Waals surface area contributed by atoms with E-state index < -0.39 is 0 Å². The van der Waals surface area contributed by atoms with Gasteiger partial charge in [-0.2, -0.15) is 0 Å². The Kier molecular flexibility index (Phi) is 2.51. The van der Waals surface area contributed by atoms with Crippen molar-refractivity contribution in [1.29, 1.82) is 0 Å². The van der Waals surface area contributed by atoms with Crippen molar-refractivity contribution >= 4 is 16.3 Å². The minimum absolute atomic E-state index is 0.256. The molecule has 0 aliphatic rings. The molecule has 0 spiro atoms. The topological polar surface area (TPSA) is 30.2 Å². The Balaban J connectivity index is 2.10. The van der Waals surface area contributed by atoms with E-state index in [0.29, 0.717) is 0 Å². The van der Waals surface area contributed by atoms with E-state index in [-0.39, 0.29) is 5.82 Å². The number of benzene rings is 2. The predicted molar refractivity (Wildman–Crippen MR) is 80.6 cm³/mol. The SMILES string of the molecule is Cc1ccc(-c2cc3ccc(F)cc3c3cnnn23)cc1. The molecule has 2 heterocycles. The van der Waals surface area contributed by atoms with Crippen molar-refractivity contribution in [2.24, 2.45) is 0 Å². The molecule has 0 aliphatic heterocycles. The Morgan fingerprint density at radius 1 is 1.00 bits per heavy atom. The number of aryl methyl sites for hydroxylation is 1. The van der Waals surface area contributed by atoms with E-state index in [1.807, 2.05) is 6.07 Å². The smallest absolute Gasteiger partial charge is 0.123 e. The van der Waals surface area contributed by atoms with Crippen molar-refractivity contribution in [2.45, 2.75) is 6.92 Å². The second kappa shape index (κ2) is 4.38. The summed E-state index contributed by atoms with van der Waals surface area (Å²) in [5.41, 5.74) is 4.02. The second-order valence-electron chi connectivity index (χ2n) is 5.16. The van der Waals surface area contributed by atoms with E-state index in [4.69, 9.17) is 0 Å². The molecular weight excluding hydrogens is 265 g/mol. The molecule has 0 fully saturated rings. The molecular formula is C17H12FN3. The molecule has 0 saturated heterocycles. The van der Waals surface area contributed by atoms with Crippen LogP contribution in [0.1, 0.15) is 5.56 Å². The lowest BCUT2D eigenvalue weighted by atomic mass is 10.0. The highest BCUT2D eigenvalue weighted by Gasteiger charge is 2.10.